The van der Waals surface area contributed by atoms with Crippen LogP contribution in [0.3, 0.4) is 0 Å². The topological polar surface area (TPSA) is 12.5 Å². The van der Waals surface area contributed by atoms with E-state index in [2.05, 4.69) is 35.2 Å². The fourth-order valence-corrected chi connectivity index (χ4v) is 2.42. The number of nitrogens with zero attached hydrogens (tertiary/aromatic N) is 1. The van der Waals surface area contributed by atoms with Gasteiger partial charge in [-0.15, -0.1) is 11.6 Å². The maximum atomic E-state index is 5.82. The first-order valence-corrected chi connectivity index (χ1v) is 6.86. The summed E-state index contributed by atoms with van der Waals surface area (Å²) in [6.45, 7) is 3.99. The number of benzene rings is 1. The summed E-state index contributed by atoms with van der Waals surface area (Å²) in [6.07, 6.45) is 2.59. The van der Waals surface area contributed by atoms with Crippen LogP contribution in [0.5, 0.6) is 0 Å². The number of rotatable bonds is 5. The first-order valence-electron chi connectivity index (χ1n) is 6.32. The Kier molecular flexibility index (Phi) is 5.30. The van der Waals surface area contributed by atoms with Crippen molar-refractivity contribution < 1.29 is 4.74 Å². The zero-order valence-corrected chi connectivity index (χ0v) is 10.9. The number of morpholine rings is 1. The summed E-state index contributed by atoms with van der Waals surface area (Å²) >= 11 is 5.82. The van der Waals surface area contributed by atoms with Gasteiger partial charge in [0.1, 0.15) is 0 Å². The van der Waals surface area contributed by atoms with Crippen molar-refractivity contribution in [1.29, 1.82) is 0 Å². The molecule has 1 aromatic carbocycles. The van der Waals surface area contributed by atoms with Crippen LogP contribution < -0.4 is 0 Å². The van der Waals surface area contributed by atoms with Crippen molar-refractivity contribution >= 4 is 11.6 Å². The average Bonchev–Trinajstić information content (AvgIpc) is 2.40. The molecule has 0 spiro atoms. The minimum atomic E-state index is 0.224. The lowest BCUT2D eigenvalue weighted by atomic mass is 10.1. The van der Waals surface area contributed by atoms with Crippen molar-refractivity contribution in [3.8, 4) is 0 Å². The SMILES string of the molecule is ClCC1CN(CCCc2ccccc2)CCO1. The van der Waals surface area contributed by atoms with Gasteiger partial charge in [-0.3, -0.25) is 4.90 Å². The highest BCUT2D eigenvalue weighted by molar-refractivity contribution is 6.18. The number of hydrogen-bond donors (Lipinski definition) is 0. The predicted octanol–water partition coefficient (Wildman–Crippen LogP) is 2.56. The molecule has 1 fully saturated rings. The third kappa shape index (κ3) is 4.30. The number of alkyl halides is 1. The predicted molar refractivity (Wildman–Crippen MR) is 71.7 cm³/mol. The van der Waals surface area contributed by atoms with E-state index in [-0.39, 0.29) is 6.10 Å². The van der Waals surface area contributed by atoms with Crippen LogP contribution in [0.25, 0.3) is 0 Å². The van der Waals surface area contributed by atoms with E-state index in [4.69, 9.17) is 16.3 Å². The summed E-state index contributed by atoms with van der Waals surface area (Å²) in [5, 5.41) is 0. The standard InChI is InChI=1S/C14H20ClNO/c15-11-14-12-16(9-10-17-14)8-4-7-13-5-2-1-3-6-13/h1-3,5-6,14H,4,7-12H2. The second-order valence-electron chi connectivity index (χ2n) is 4.54. The Morgan fingerprint density at radius 1 is 1.29 bits per heavy atom. The molecule has 1 unspecified atom stereocenters. The zero-order valence-electron chi connectivity index (χ0n) is 10.1. The highest BCUT2D eigenvalue weighted by Gasteiger charge is 2.18. The lowest BCUT2D eigenvalue weighted by Gasteiger charge is -2.31. The first-order chi connectivity index (χ1) is 8.38. The van der Waals surface area contributed by atoms with E-state index in [1.165, 1.54) is 12.0 Å². The largest absolute Gasteiger partial charge is 0.374 e. The van der Waals surface area contributed by atoms with E-state index in [9.17, 15) is 0 Å². The van der Waals surface area contributed by atoms with E-state index in [0.717, 1.165) is 32.7 Å². The minimum absolute atomic E-state index is 0.224. The van der Waals surface area contributed by atoms with Gasteiger partial charge in [0.25, 0.3) is 0 Å². The Hall–Kier alpha value is -0.570. The van der Waals surface area contributed by atoms with Crippen LogP contribution in [-0.4, -0.2) is 43.1 Å². The lowest BCUT2D eigenvalue weighted by Crippen LogP contribution is -2.43. The highest BCUT2D eigenvalue weighted by Crippen LogP contribution is 2.09. The van der Waals surface area contributed by atoms with Gasteiger partial charge in [0.05, 0.1) is 12.7 Å². The van der Waals surface area contributed by atoms with Crippen LogP contribution in [0.2, 0.25) is 0 Å². The third-order valence-corrected chi connectivity index (χ3v) is 3.52. The molecule has 1 aromatic rings. The molecule has 1 aliphatic rings. The van der Waals surface area contributed by atoms with E-state index in [1.54, 1.807) is 0 Å². The molecule has 0 N–H and O–H groups in total. The van der Waals surface area contributed by atoms with Crippen LogP contribution in [0.4, 0.5) is 0 Å². The number of halogens is 1. The summed E-state index contributed by atoms with van der Waals surface area (Å²) in [5.41, 5.74) is 1.43. The maximum absolute atomic E-state index is 5.82. The second-order valence-corrected chi connectivity index (χ2v) is 4.85. The normalized spacial score (nSPS) is 21.6. The van der Waals surface area contributed by atoms with Crippen LogP contribution in [-0.2, 0) is 11.2 Å². The molecule has 0 aromatic heterocycles. The highest BCUT2D eigenvalue weighted by atomic mass is 35.5. The molecule has 2 rings (SSSR count). The van der Waals surface area contributed by atoms with Gasteiger partial charge >= 0.3 is 0 Å². The van der Waals surface area contributed by atoms with Crippen LogP contribution in [0, 0.1) is 0 Å². The number of aryl methyl sites for hydroxylation is 1. The molecule has 0 amide bonds. The molecule has 17 heavy (non-hydrogen) atoms. The molecule has 1 atom stereocenters. The molecule has 0 bridgehead atoms. The van der Waals surface area contributed by atoms with Crippen molar-refractivity contribution in [3.63, 3.8) is 0 Å². The van der Waals surface area contributed by atoms with Gasteiger partial charge in [0.2, 0.25) is 0 Å². The van der Waals surface area contributed by atoms with E-state index in [0.29, 0.717) is 5.88 Å². The monoisotopic (exact) mass is 253 g/mol. The Morgan fingerprint density at radius 2 is 2.12 bits per heavy atom. The van der Waals surface area contributed by atoms with Gasteiger partial charge in [0, 0.05) is 19.0 Å². The summed E-state index contributed by atoms with van der Waals surface area (Å²) in [5.74, 6) is 0.606. The van der Waals surface area contributed by atoms with Crippen molar-refractivity contribution in [2.75, 3.05) is 32.1 Å². The molecule has 2 nitrogen and oxygen atoms in total. The number of hydrogen-bond acceptors (Lipinski definition) is 2. The summed E-state index contributed by atoms with van der Waals surface area (Å²) < 4.78 is 5.55. The van der Waals surface area contributed by atoms with Crippen LogP contribution >= 0.6 is 11.6 Å². The van der Waals surface area contributed by atoms with E-state index >= 15 is 0 Å². The van der Waals surface area contributed by atoms with Crippen molar-refractivity contribution in [3.05, 3.63) is 35.9 Å². The fraction of sp³-hybridized carbons (Fsp3) is 0.571. The van der Waals surface area contributed by atoms with Gasteiger partial charge in [-0.2, -0.15) is 0 Å². The first kappa shape index (κ1) is 12.9. The smallest absolute Gasteiger partial charge is 0.0837 e. The van der Waals surface area contributed by atoms with Crippen molar-refractivity contribution in [2.45, 2.75) is 18.9 Å². The Bertz CT molecular complexity index is 317. The second kappa shape index (κ2) is 7.00. The van der Waals surface area contributed by atoms with E-state index in [1.807, 2.05) is 0 Å². The Labute approximate surface area is 109 Å². The zero-order chi connectivity index (χ0) is 11.9. The van der Waals surface area contributed by atoms with Crippen molar-refractivity contribution in [1.82, 2.24) is 4.90 Å². The molecule has 1 saturated heterocycles. The summed E-state index contributed by atoms with van der Waals surface area (Å²) in [7, 11) is 0. The van der Waals surface area contributed by atoms with Crippen LogP contribution in [0.15, 0.2) is 30.3 Å². The third-order valence-electron chi connectivity index (χ3n) is 3.18. The van der Waals surface area contributed by atoms with Gasteiger partial charge in [-0.25, -0.2) is 0 Å². The van der Waals surface area contributed by atoms with Gasteiger partial charge in [-0.05, 0) is 24.9 Å². The molecular formula is C14H20ClNO. The van der Waals surface area contributed by atoms with Crippen molar-refractivity contribution in [2.24, 2.45) is 0 Å². The Balaban J connectivity index is 1.68. The molecule has 3 heteroatoms. The Morgan fingerprint density at radius 3 is 2.88 bits per heavy atom. The quantitative estimate of drug-likeness (QED) is 0.748. The van der Waals surface area contributed by atoms with Gasteiger partial charge < -0.3 is 4.74 Å². The molecule has 1 heterocycles. The van der Waals surface area contributed by atoms with Gasteiger partial charge in [-0.1, -0.05) is 30.3 Å². The van der Waals surface area contributed by atoms with E-state index < -0.39 is 0 Å². The molecule has 0 aliphatic carbocycles. The molecule has 1 aliphatic heterocycles. The van der Waals surface area contributed by atoms with Gasteiger partial charge in [0.15, 0.2) is 0 Å². The maximum Gasteiger partial charge on any atom is 0.0837 e. The molecule has 0 saturated carbocycles. The molecular weight excluding hydrogens is 234 g/mol. The fourth-order valence-electron chi connectivity index (χ4n) is 2.23. The minimum Gasteiger partial charge on any atom is -0.374 e. The molecule has 0 radical (unpaired) electrons. The number of ether oxygens (including phenoxy) is 1. The molecule has 94 valence electrons. The summed E-state index contributed by atoms with van der Waals surface area (Å²) in [4.78, 5) is 2.46. The lowest BCUT2D eigenvalue weighted by molar-refractivity contribution is -0.0165. The van der Waals surface area contributed by atoms with Crippen LogP contribution in [0.1, 0.15) is 12.0 Å². The average molecular weight is 254 g/mol. The summed E-state index contributed by atoms with van der Waals surface area (Å²) in [6, 6.07) is 10.7.